The summed E-state index contributed by atoms with van der Waals surface area (Å²) in [6.07, 6.45) is 4.51. The largest absolute Gasteiger partial charge is 0.443 e. The van der Waals surface area contributed by atoms with E-state index >= 15 is 0 Å². The summed E-state index contributed by atoms with van der Waals surface area (Å²) in [6, 6.07) is -0.297. The molecule has 0 aromatic rings. The number of ether oxygens (including phenoxy) is 2. The third-order valence-corrected chi connectivity index (χ3v) is 3.16. The molecule has 0 bridgehead atoms. The van der Waals surface area contributed by atoms with Crippen LogP contribution < -0.4 is 5.43 Å². The second-order valence-corrected chi connectivity index (χ2v) is 8.77. The molecule has 0 aromatic heterocycles. The van der Waals surface area contributed by atoms with Crippen LogP contribution in [0, 0.1) is 0 Å². The van der Waals surface area contributed by atoms with E-state index in [4.69, 9.17) is 9.47 Å². The van der Waals surface area contributed by atoms with Gasteiger partial charge in [-0.15, -0.1) is 0 Å². The molecular formula is C20H38N2O4. The molecule has 0 heterocycles. The Bertz CT molecular complexity index is 483. The first-order valence-electron chi connectivity index (χ1n) is 9.42. The minimum Gasteiger partial charge on any atom is -0.443 e. The van der Waals surface area contributed by atoms with Crippen molar-refractivity contribution in [2.24, 2.45) is 0 Å². The van der Waals surface area contributed by atoms with Gasteiger partial charge in [-0.05, 0) is 61.8 Å². The lowest BCUT2D eigenvalue weighted by molar-refractivity contribution is -0.00589. The fraction of sp³-hybridized carbons (Fsp3) is 0.800. The Balaban J connectivity index is 5.49. The molecule has 0 radical (unpaired) electrons. The van der Waals surface area contributed by atoms with Crippen molar-refractivity contribution in [2.75, 3.05) is 0 Å². The number of nitrogens with zero attached hydrogens (tertiary/aromatic N) is 1. The zero-order chi connectivity index (χ0) is 20.5. The summed E-state index contributed by atoms with van der Waals surface area (Å²) in [4.78, 5) is 25.0. The summed E-state index contributed by atoms with van der Waals surface area (Å²) in [6.45, 7) is 16.8. The zero-order valence-corrected chi connectivity index (χ0v) is 18.1. The third-order valence-electron chi connectivity index (χ3n) is 3.16. The number of rotatable bonds is 6. The van der Waals surface area contributed by atoms with Crippen LogP contribution in [0.5, 0.6) is 0 Å². The first-order valence-corrected chi connectivity index (χ1v) is 9.42. The highest BCUT2D eigenvalue weighted by Crippen LogP contribution is 2.17. The van der Waals surface area contributed by atoms with Crippen LogP contribution in [0.3, 0.4) is 0 Å². The standard InChI is InChI=1S/C20H38N2O4/c1-10-11-12-13-16(14-15(2)3)22(18(24)26-20(7,8)9)21-17(23)25-19(4,5)6/h14,16H,10-13H2,1-9H3,(H,21,23). The van der Waals surface area contributed by atoms with Gasteiger partial charge in [-0.1, -0.05) is 37.8 Å². The minimum atomic E-state index is -0.675. The van der Waals surface area contributed by atoms with Gasteiger partial charge in [0.05, 0.1) is 6.04 Å². The van der Waals surface area contributed by atoms with Gasteiger partial charge in [0.15, 0.2) is 0 Å². The Morgan fingerprint density at radius 2 is 1.54 bits per heavy atom. The van der Waals surface area contributed by atoms with Crippen molar-refractivity contribution in [3.8, 4) is 0 Å². The SMILES string of the molecule is CCCCCC(C=C(C)C)N(NC(=O)OC(C)(C)C)C(=O)OC(C)(C)C. The minimum absolute atomic E-state index is 0.297. The first kappa shape index (κ1) is 24.3. The van der Waals surface area contributed by atoms with Crippen LogP contribution in [0.25, 0.3) is 0 Å². The highest BCUT2D eigenvalue weighted by atomic mass is 16.6. The van der Waals surface area contributed by atoms with Crippen molar-refractivity contribution in [2.45, 2.75) is 105 Å². The van der Waals surface area contributed by atoms with E-state index in [1.54, 1.807) is 41.5 Å². The molecular weight excluding hydrogens is 332 g/mol. The summed E-state index contributed by atoms with van der Waals surface area (Å²) >= 11 is 0. The van der Waals surface area contributed by atoms with Crippen molar-refractivity contribution in [1.82, 2.24) is 10.4 Å². The Morgan fingerprint density at radius 1 is 1.00 bits per heavy atom. The molecule has 6 nitrogen and oxygen atoms in total. The van der Waals surface area contributed by atoms with Gasteiger partial charge in [0.2, 0.25) is 0 Å². The summed E-state index contributed by atoms with van der Waals surface area (Å²) in [5, 5.41) is 1.25. The van der Waals surface area contributed by atoms with Crippen molar-refractivity contribution in [1.29, 1.82) is 0 Å². The fourth-order valence-corrected chi connectivity index (χ4v) is 2.25. The number of hydrazine groups is 1. The van der Waals surface area contributed by atoms with Crippen LogP contribution in [-0.4, -0.2) is 34.4 Å². The van der Waals surface area contributed by atoms with E-state index in [2.05, 4.69) is 12.3 Å². The third kappa shape index (κ3) is 11.8. The highest BCUT2D eigenvalue weighted by molar-refractivity contribution is 5.75. The van der Waals surface area contributed by atoms with Crippen LogP contribution in [0.15, 0.2) is 11.6 Å². The second kappa shape index (κ2) is 10.4. The smallest absolute Gasteiger partial charge is 0.429 e. The van der Waals surface area contributed by atoms with Crippen molar-refractivity contribution >= 4 is 12.2 Å². The van der Waals surface area contributed by atoms with Gasteiger partial charge in [0, 0.05) is 0 Å². The number of carbonyl (C=O) groups is 2. The predicted octanol–water partition coefficient (Wildman–Crippen LogP) is 5.58. The van der Waals surface area contributed by atoms with Crippen molar-refractivity contribution in [3.05, 3.63) is 11.6 Å². The predicted molar refractivity (Wildman–Crippen MR) is 105 cm³/mol. The second-order valence-electron chi connectivity index (χ2n) is 8.77. The monoisotopic (exact) mass is 370 g/mol. The molecule has 152 valence electrons. The molecule has 2 amide bonds. The molecule has 0 aromatic carbocycles. The van der Waals surface area contributed by atoms with Crippen LogP contribution >= 0.6 is 0 Å². The van der Waals surface area contributed by atoms with Crippen LogP contribution in [0.2, 0.25) is 0 Å². The van der Waals surface area contributed by atoms with Gasteiger partial charge >= 0.3 is 12.2 Å². The number of carbonyl (C=O) groups excluding carboxylic acids is 2. The van der Waals surface area contributed by atoms with Gasteiger partial charge in [0.1, 0.15) is 11.2 Å². The molecule has 1 atom stereocenters. The summed E-state index contributed by atoms with van der Waals surface area (Å²) in [7, 11) is 0. The molecule has 1 unspecified atom stereocenters. The summed E-state index contributed by atoms with van der Waals surface area (Å²) in [5.41, 5.74) is 2.32. The van der Waals surface area contributed by atoms with E-state index in [9.17, 15) is 9.59 Å². The van der Waals surface area contributed by atoms with Crippen LogP contribution in [0.1, 0.15) is 88.0 Å². The van der Waals surface area contributed by atoms with Gasteiger partial charge < -0.3 is 9.47 Å². The normalized spacial score (nSPS) is 12.8. The maximum Gasteiger partial charge on any atom is 0.429 e. The average Bonchev–Trinajstić information content (AvgIpc) is 2.39. The average molecular weight is 371 g/mol. The topological polar surface area (TPSA) is 67.9 Å². The Kier molecular flexibility index (Phi) is 9.74. The Labute approximate surface area is 159 Å². The van der Waals surface area contributed by atoms with E-state index in [0.29, 0.717) is 0 Å². The van der Waals surface area contributed by atoms with E-state index in [1.165, 1.54) is 5.01 Å². The zero-order valence-electron chi connectivity index (χ0n) is 18.1. The van der Waals surface area contributed by atoms with Gasteiger partial charge in [-0.2, -0.15) is 0 Å². The highest BCUT2D eigenvalue weighted by Gasteiger charge is 2.30. The molecule has 6 heteroatoms. The maximum atomic E-state index is 12.7. The maximum absolute atomic E-state index is 12.7. The van der Waals surface area contributed by atoms with E-state index in [0.717, 1.165) is 31.3 Å². The molecule has 0 aliphatic carbocycles. The quantitative estimate of drug-likeness (QED) is 0.376. The van der Waals surface area contributed by atoms with Gasteiger partial charge in [-0.3, -0.25) is 0 Å². The fourth-order valence-electron chi connectivity index (χ4n) is 2.25. The molecule has 0 fully saturated rings. The molecule has 26 heavy (non-hydrogen) atoms. The Morgan fingerprint density at radius 3 is 1.96 bits per heavy atom. The number of allylic oxidation sites excluding steroid dienone is 1. The number of hydrogen-bond acceptors (Lipinski definition) is 4. The van der Waals surface area contributed by atoms with Crippen LogP contribution in [0.4, 0.5) is 9.59 Å². The van der Waals surface area contributed by atoms with Gasteiger partial charge in [0.25, 0.3) is 0 Å². The lowest BCUT2D eigenvalue weighted by atomic mass is 10.1. The lowest BCUT2D eigenvalue weighted by Gasteiger charge is -2.33. The molecule has 0 aliphatic heterocycles. The number of hydrogen-bond donors (Lipinski definition) is 1. The molecule has 0 rings (SSSR count). The van der Waals surface area contributed by atoms with E-state index in [1.807, 2.05) is 19.9 Å². The number of nitrogens with one attached hydrogen (secondary N) is 1. The summed E-state index contributed by atoms with van der Waals surface area (Å²) < 4.78 is 10.8. The molecule has 0 saturated heterocycles. The summed E-state index contributed by atoms with van der Waals surface area (Å²) in [5.74, 6) is 0. The van der Waals surface area contributed by atoms with Crippen LogP contribution in [-0.2, 0) is 9.47 Å². The van der Waals surface area contributed by atoms with E-state index < -0.39 is 23.4 Å². The Hall–Kier alpha value is -1.72. The molecule has 0 spiro atoms. The molecule has 0 aliphatic rings. The van der Waals surface area contributed by atoms with Gasteiger partial charge in [-0.25, -0.2) is 20.0 Å². The van der Waals surface area contributed by atoms with Crippen molar-refractivity contribution in [3.63, 3.8) is 0 Å². The van der Waals surface area contributed by atoms with E-state index in [-0.39, 0.29) is 6.04 Å². The number of amides is 2. The van der Waals surface area contributed by atoms with Crippen molar-refractivity contribution < 1.29 is 19.1 Å². The molecule has 0 saturated carbocycles. The molecule has 1 N–H and O–H groups in total. The lowest BCUT2D eigenvalue weighted by Crippen LogP contribution is -2.54. The first-order chi connectivity index (χ1) is 11.7. The number of unbranched alkanes of at least 4 members (excludes halogenated alkanes) is 2.